The Kier molecular flexibility index (Phi) is 5.60. The van der Waals surface area contributed by atoms with Gasteiger partial charge in [-0.2, -0.15) is 0 Å². The number of hydrogen-bond acceptors (Lipinski definition) is 2. The lowest BCUT2D eigenvalue weighted by atomic mass is 10.2. The van der Waals surface area contributed by atoms with E-state index >= 15 is 0 Å². The molecule has 0 aliphatic carbocycles. The molecule has 0 aliphatic rings. The molecule has 0 spiro atoms. The molecule has 5 heteroatoms. The molecule has 0 unspecified atom stereocenters. The zero-order chi connectivity index (χ0) is 22.3. The smallest absolute Gasteiger partial charge is 0.0560 e. The number of aromatic nitrogens is 2. The van der Waals surface area contributed by atoms with E-state index in [9.17, 15) is 0 Å². The first-order valence-electron chi connectivity index (χ1n) is 10.5. The van der Waals surface area contributed by atoms with Crippen LogP contribution in [0.1, 0.15) is 6.92 Å². The van der Waals surface area contributed by atoms with Crippen molar-refractivity contribution in [2.24, 2.45) is 0 Å². The van der Waals surface area contributed by atoms with Crippen LogP contribution in [0.15, 0.2) is 47.4 Å². The quantitative estimate of drug-likeness (QED) is 0.457. The minimum Gasteiger partial charge on any atom is -0.355 e. The first kappa shape index (κ1) is 21.5. The molecule has 0 bridgehead atoms. The van der Waals surface area contributed by atoms with Gasteiger partial charge in [-0.15, -0.1) is 9.39 Å². The van der Waals surface area contributed by atoms with Crippen LogP contribution in [0.5, 0.6) is 0 Å². The zero-order valence-electron chi connectivity index (χ0n) is 18.8. The van der Waals surface area contributed by atoms with Crippen LogP contribution in [0.25, 0.3) is 35.0 Å². The molecular weight excluding hydrogens is 400 g/mol. The summed E-state index contributed by atoms with van der Waals surface area (Å²) in [6, 6.07) is 14.8. The van der Waals surface area contributed by atoms with Crippen molar-refractivity contribution < 1.29 is 0 Å². The second-order valence-corrected chi connectivity index (χ2v) is 11.0. The van der Waals surface area contributed by atoms with Gasteiger partial charge in [0.05, 0.1) is 5.35 Å². The third kappa shape index (κ3) is 3.74. The van der Waals surface area contributed by atoms with E-state index in [4.69, 9.17) is 0 Å². The Morgan fingerprint density at radius 3 is 2.29 bits per heavy atom. The largest absolute Gasteiger partial charge is 0.355 e. The molecule has 31 heavy (non-hydrogen) atoms. The highest BCUT2D eigenvalue weighted by Crippen LogP contribution is 2.37. The van der Waals surface area contributed by atoms with Crippen LogP contribution in [-0.4, -0.2) is 64.6 Å². The van der Waals surface area contributed by atoms with Crippen molar-refractivity contribution in [1.82, 2.24) is 19.2 Å². The van der Waals surface area contributed by atoms with E-state index in [-0.39, 0.29) is 0 Å². The summed E-state index contributed by atoms with van der Waals surface area (Å²) >= 11 is 0. The van der Waals surface area contributed by atoms with Crippen molar-refractivity contribution in [2.75, 3.05) is 33.7 Å². The van der Waals surface area contributed by atoms with E-state index in [0.29, 0.717) is 0 Å². The Balaban J connectivity index is 1.98. The van der Waals surface area contributed by atoms with Crippen LogP contribution >= 0.6 is 9.39 Å². The molecule has 0 saturated carbocycles. The van der Waals surface area contributed by atoms with Crippen molar-refractivity contribution in [3.63, 3.8) is 0 Å². The second kappa shape index (κ2) is 8.08. The van der Waals surface area contributed by atoms with Gasteiger partial charge in [0, 0.05) is 62.1 Å². The van der Waals surface area contributed by atoms with Crippen LogP contribution in [0.2, 0.25) is 0 Å². The monoisotopic (exact) mass is 432 g/mol. The fraction of sp³-hybridized carbons (Fsp3) is 0.231. The fourth-order valence-corrected chi connectivity index (χ4v) is 6.08. The van der Waals surface area contributed by atoms with Crippen LogP contribution < -0.4 is 10.6 Å². The summed E-state index contributed by atoms with van der Waals surface area (Å²) < 4.78 is 2.40. The van der Waals surface area contributed by atoms with E-state index in [1.807, 2.05) is 12.1 Å². The Morgan fingerprint density at radius 1 is 0.903 bits per heavy atom. The SMILES string of the molecule is C=c1[nH]c2ccc(S(=C)(=C)N(CC)CCN(C)C)cc2/c1=c1/[nH]c2ccccc2c1=C. The Labute approximate surface area is 184 Å². The summed E-state index contributed by atoms with van der Waals surface area (Å²) in [6.07, 6.45) is 0. The van der Waals surface area contributed by atoms with Gasteiger partial charge in [-0.1, -0.05) is 50.0 Å². The molecular formula is C26H32N4S. The Hall–Kier alpha value is -2.73. The predicted molar refractivity (Wildman–Crippen MR) is 140 cm³/mol. The van der Waals surface area contributed by atoms with Gasteiger partial charge >= 0.3 is 0 Å². The van der Waals surface area contributed by atoms with Crippen molar-refractivity contribution >= 4 is 56.1 Å². The number of fused-ring (bicyclic) bond motifs is 2. The highest BCUT2D eigenvalue weighted by molar-refractivity contribution is 8.25. The van der Waals surface area contributed by atoms with Gasteiger partial charge in [-0.05, 0) is 38.4 Å². The average molecular weight is 433 g/mol. The lowest BCUT2D eigenvalue weighted by Crippen LogP contribution is -2.29. The molecule has 4 nitrogen and oxygen atoms in total. The number of nitrogens with zero attached hydrogens (tertiary/aromatic N) is 2. The van der Waals surface area contributed by atoms with E-state index in [1.165, 1.54) is 4.90 Å². The number of hydrogen-bond donors (Lipinski definition) is 2. The van der Waals surface area contributed by atoms with Crippen LogP contribution in [0.4, 0.5) is 0 Å². The maximum absolute atomic E-state index is 4.59. The third-order valence-electron chi connectivity index (χ3n) is 5.99. The Bertz CT molecular complexity index is 1560. The highest BCUT2D eigenvalue weighted by atomic mass is 32.2. The van der Waals surface area contributed by atoms with E-state index < -0.39 is 9.39 Å². The van der Waals surface area contributed by atoms with Crippen molar-refractivity contribution in [1.29, 1.82) is 0 Å². The summed E-state index contributed by atoms with van der Waals surface area (Å²) in [5, 5.41) is 6.24. The number of likely N-dealkylation sites (N-methyl/N-ethyl adjacent to an activating group) is 2. The molecule has 2 heterocycles. The number of H-pyrrole nitrogens is 2. The minimum absolute atomic E-state index is 0.886. The maximum Gasteiger partial charge on any atom is 0.0560 e. The normalized spacial score (nSPS) is 13.7. The topological polar surface area (TPSA) is 38.1 Å². The maximum atomic E-state index is 4.59. The Morgan fingerprint density at radius 2 is 1.61 bits per heavy atom. The van der Waals surface area contributed by atoms with Crippen molar-refractivity contribution in [3.05, 3.63) is 63.6 Å². The summed E-state index contributed by atoms with van der Waals surface area (Å²) in [5.74, 6) is 9.18. The van der Waals surface area contributed by atoms with Gasteiger partial charge in [-0.3, -0.25) is 4.31 Å². The molecule has 2 aromatic carbocycles. The molecule has 0 amide bonds. The molecule has 0 aliphatic heterocycles. The number of nitrogens with one attached hydrogen (secondary N) is 2. The first-order chi connectivity index (χ1) is 14.7. The summed E-state index contributed by atoms with van der Waals surface area (Å²) in [6.45, 7) is 13.7. The number of benzene rings is 2. The molecule has 0 saturated heterocycles. The van der Waals surface area contributed by atoms with E-state index in [1.54, 1.807) is 0 Å². The van der Waals surface area contributed by atoms with Gasteiger partial charge in [0.2, 0.25) is 0 Å². The van der Waals surface area contributed by atoms with Crippen LogP contribution in [0, 0.1) is 10.6 Å². The van der Waals surface area contributed by atoms with Gasteiger partial charge in [-0.25, -0.2) is 0 Å². The van der Waals surface area contributed by atoms with Crippen molar-refractivity contribution in [3.8, 4) is 0 Å². The van der Waals surface area contributed by atoms with Crippen LogP contribution in [-0.2, 0) is 0 Å². The number of rotatable bonds is 6. The second-order valence-electron chi connectivity index (χ2n) is 8.38. The molecule has 2 N–H and O–H groups in total. The summed E-state index contributed by atoms with van der Waals surface area (Å²) in [5.41, 5.74) is 2.15. The standard InChI is InChI=1S/C26H32N4S/c1-8-30(16-15-29(4)5)31(6,7)20-13-14-24-22(17-20)25(19(3)27-24)26-18(2)21-11-9-10-12-23(21)28-26/h9-14,17,27-28H,2-3,6-8,15-16H2,1,4-5H3/b26-25+. The molecule has 2 aromatic heterocycles. The first-order valence-corrected chi connectivity index (χ1v) is 12.5. The fourth-order valence-electron chi connectivity index (χ4n) is 4.20. The van der Waals surface area contributed by atoms with E-state index in [2.05, 4.69) is 95.4 Å². The van der Waals surface area contributed by atoms with Crippen LogP contribution in [0.3, 0.4) is 0 Å². The predicted octanol–water partition coefficient (Wildman–Crippen LogP) is 3.58. The van der Waals surface area contributed by atoms with E-state index in [0.717, 1.165) is 62.6 Å². The average Bonchev–Trinajstić information content (AvgIpc) is 3.23. The van der Waals surface area contributed by atoms with Crippen molar-refractivity contribution in [2.45, 2.75) is 11.8 Å². The summed E-state index contributed by atoms with van der Waals surface area (Å²) in [4.78, 5) is 10.4. The number of aromatic amines is 2. The highest BCUT2D eigenvalue weighted by Gasteiger charge is 2.14. The van der Waals surface area contributed by atoms with Gasteiger partial charge in [0.25, 0.3) is 0 Å². The molecule has 0 radical (unpaired) electrons. The molecule has 4 rings (SSSR count). The zero-order valence-corrected chi connectivity index (χ0v) is 19.6. The van der Waals surface area contributed by atoms with Gasteiger partial charge < -0.3 is 14.9 Å². The molecule has 0 fully saturated rings. The number of para-hydroxylation sites is 1. The lowest BCUT2D eigenvalue weighted by Gasteiger charge is -2.31. The molecule has 4 aromatic rings. The lowest BCUT2D eigenvalue weighted by molar-refractivity contribution is 0.356. The summed E-state index contributed by atoms with van der Waals surface area (Å²) in [7, 11) is 2.58. The van der Waals surface area contributed by atoms with Gasteiger partial charge in [0.1, 0.15) is 0 Å². The van der Waals surface area contributed by atoms with Gasteiger partial charge in [0.15, 0.2) is 0 Å². The minimum atomic E-state index is -1.62. The third-order valence-corrected chi connectivity index (χ3v) is 8.55. The molecule has 0 atom stereocenters. The molecule has 162 valence electrons.